The predicted molar refractivity (Wildman–Crippen MR) is 227 cm³/mol. The number of rotatable bonds is 7. The molecule has 54 heavy (non-hydrogen) atoms. The Kier molecular flexibility index (Phi) is 7.78. The average molecular weight is 688 g/mol. The number of fused-ring (bicyclic) bond motifs is 4. The van der Waals surface area contributed by atoms with Crippen LogP contribution in [0.15, 0.2) is 224 Å². The third-order valence-electron chi connectivity index (χ3n) is 11.1. The molecule has 0 atom stereocenters. The number of hydrogen-bond acceptors (Lipinski definition) is 1. The van der Waals surface area contributed by atoms with Crippen molar-refractivity contribution >= 4 is 27.8 Å². The van der Waals surface area contributed by atoms with Crippen molar-refractivity contribution in [3.8, 4) is 33.4 Å². The van der Waals surface area contributed by atoms with E-state index in [1.54, 1.807) is 0 Å². The van der Waals surface area contributed by atoms with Crippen LogP contribution in [0.1, 0.15) is 22.3 Å². The van der Waals surface area contributed by atoms with E-state index in [1.807, 2.05) is 0 Å². The maximum Gasteiger partial charge on any atom is 0.0714 e. The van der Waals surface area contributed by atoms with E-state index in [9.17, 15) is 0 Å². The van der Waals surface area contributed by atoms with Crippen molar-refractivity contribution < 1.29 is 0 Å². The molecule has 0 spiro atoms. The van der Waals surface area contributed by atoms with Crippen LogP contribution in [0.5, 0.6) is 0 Å². The fourth-order valence-electron chi connectivity index (χ4n) is 8.83. The third kappa shape index (κ3) is 5.09. The molecule has 0 saturated heterocycles. The van der Waals surface area contributed by atoms with Crippen LogP contribution >= 0.6 is 0 Å². The summed E-state index contributed by atoms with van der Waals surface area (Å²) in [5, 5.41) is 2.51. The van der Waals surface area contributed by atoms with Gasteiger partial charge >= 0.3 is 0 Å². The molecule has 0 unspecified atom stereocenters. The van der Waals surface area contributed by atoms with Crippen molar-refractivity contribution in [1.29, 1.82) is 0 Å². The largest absolute Gasteiger partial charge is 0.310 e. The lowest BCUT2D eigenvalue weighted by Gasteiger charge is -2.35. The summed E-state index contributed by atoms with van der Waals surface area (Å²) in [7, 11) is 0. The molecule has 0 saturated carbocycles. The van der Waals surface area contributed by atoms with Crippen molar-refractivity contribution in [2.75, 3.05) is 4.90 Å². The summed E-state index contributed by atoms with van der Waals surface area (Å²) >= 11 is 0. The van der Waals surface area contributed by atoms with Gasteiger partial charge in [-0.15, -0.1) is 0 Å². The quantitative estimate of drug-likeness (QED) is 0.161. The Hall–Kier alpha value is -6.96. The molecule has 10 rings (SSSR count). The van der Waals surface area contributed by atoms with Crippen LogP contribution in [-0.4, -0.2) is 0 Å². The highest BCUT2D eigenvalue weighted by atomic mass is 15.1. The lowest BCUT2D eigenvalue weighted by atomic mass is 9.67. The Labute approximate surface area is 317 Å². The van der Waals surface area contributed by atoms with Gasteiger partial charge in [0.2, 0.25) is 0 Å². The minimum absolute atomic E-state index is 0.471. The first kappa shape index (κ1) is 31.7. The molecule has 0 fully saturated rings. The molecule has 254 valence electrons. The number of nitrogens with zero attached hydrogens (tertiary/aromatic N) is 1. The van der Waals surface area contributed by atoms with Crippen molar-refractivity contribution in [2.24, 2.45) is 0 Å². The first-order valence-electron chi connectivity index (χ1n) is 18.7. The maximum absolute atomic E-state index is 2.44. The molecule has 1 nitrogen and oxygen atoms in total. The highest BCUT2D eigenvalue weighted by molar-refractivity contribution is 6.06. The van der Waals surface area contributed by atoms with Gasteiger partial charge in [0.1, 0.15) is 0 Å². The van der Waals surface area contributed by atoms with Gasteiger partial charge < -0.3 is 4.90 Å². The summed E-state index contributed by atoms with van der Waals surface area (Å²) in [5.74, 6) is 0. The summed E-state index contributed by atoms with van der Waals surface area (Å²) in [6, 6.07) is 81.9. The first-order chi connectivity index (χ1) is 26.8. The first-order valence-corrected chi connectivity index (χ1v) is 18.7. The smallest absolute Gasteiger partial charge is 0.0714 e. The van der Waals surface area contributed by atoms with Gasteiger partial charge in [-0.1, -0.05) is 188 Å². The molecule has 0 amide bonds. The minimum Gasteiger partial charge on any atom is -0.310 e. The van der Waals surface area contributed by atoms with Gasteiger partial charge in [0.25, 0.3) is 0 Å². The van der Waals surface area contributed by atoms with Crippen LogP contribution < -0.4 is 4.90 Å². The Morgan fingerprint density at radius 2 is 0.759 bits per heavy atom. The minimum atomic E-state index is -0.471. The molecule has 0 bridgehead atoms. The molecular weight excluding hydrogens is 651 g/mol. The standard InChI is InChI=1S/C53H37N/c1-5-17-38(18-6-1)46-28-15-19-40-20-16-29-47(52(40)46)39-31-33-44(34-32-39)54(43-25-11-4-12-26-43)45-35-36-49-48-27-13-14-30-50(48)53(51(49)37-45,41-21-7-2-8-22-41)42-23-9-3-10-24-42/h1-37H. The van der Waals surface area contributed by atoms with Crippen molar-refractivity contribution in [3.63, 3.8) is 0 Å². The second-order valence-electron chi connectivity index (χ2n) is 14.1. The zero-order chi connectivity index (χ0) is 35.9. The Balaban J connectivity index is 1.15. The predicted octanol–water partition coefficient (Wildman–Crippen LogP) is 14.0. The lowest BCUT2D eigenvalue weighted by Crippen LogP contribution is -2.28. The summed E-state index contributed by atoms with van der Waals surface area (Å²) in [6.45, 7) is 0. The van der Waals surface area contributed by atoms with Gasteiger partial charge in [0.15, 0.2) is 0 Å². The Morgan fingerprint density at radius 1 is 0.296 bits per heavy atom. The highest BCUT2D eigenvalue weighted by Gasteiger charge is 2.46. The molecule has 0 radical (unpaired) electrons. The van der Waals surface area contributed by atoms with E-state index in [4.69, 9.17) is 0 Å². The lowest BCUT2D eigenvalue weighted by molar-refractivity contribution is 0.768. The summed E-state index contributed by atoms with van der Waals surface area (Å²) in [6.07, 6.45) is 0. The average Bonchev–Trinajstić information content (AvgIpc) is 3.55. The molecule has 1 aliphatic carbocycles. The van der Waals surface area contributed by atoms with Crippen LogP contribution in [0.25, 0.3) is 44.2 Å². The fourth-order valence-corrected chi connectivity index (χ4v) is 8.83. The van der Waals surface area contributed by atoms with E-state index >= 15 is 0 Å². The van der Waals surface area contributed by atoms with Gasteiger partial charge in [-0.25, -0.2) is 0 Å². The zero-order valence-corrected chi connectivity index (χ0v) is 29.8. The molecular formula is C53H37N. The molecule has 1 aliphatic rings. The second-order valence-corrected chi connectivity index (χ2v) is 14.1. The van der Waals surface area contributed by atoms with Gasteiger partial charge in [-0.05, 0) is 103 Å². The molecule has 9 aromatic carbocycles. The molecule has 1 heteroatoms. The van der Waals surface area contributed by atoms with E-state index in [-0.39, 0.29) is 0 Å². The maximum atomic E-state index is 2.44. The highest BCUT2D eigenvalue weighted by Crippen LogP contribution is 2.57. The van der Waals surface area contributed by atoms with Crippen LogP contribution in [0.3, 0.4) is 0 Å². The van der Waals surface area contributed by atoms with Gasteiger partial charge in [0, 0.05) is 17.1 Å². The van der Waals surface area contributed by atoms with Crippen LogP contribution in [0.4, 0.5) is 17.1 Å². The molecule has 0 N–H and O–H groups in total. The van der Waals surface area contributed by atoms with E-state index < -0.39 is 5.41 Å². The number of anilines is 3. The number of benzene rings is 9. The monoisotopic (exact) mass is 687 g/mol. The SMILES string of the molecule is c1ccc(-c2cccc3cccc(-c4ccc(N(c5ccccc5)c5ccc6c(c5)C(c5ccccc5)(c5ccccc5)c5ccccc5-6)cc4)c23)cc1. The van der Waals surface area contributed by atoms with Gasteiger partial charge in [-0.3, -0.25) is 0 Å². The Morgan fingerprint density at radius 3 is 1.39 bits per heavy atom. The second kappa shape index (κ2) is 13.2. The normalized spacial score (nSPS) is 12.6. The van der Waals surface area contributed by atoms with Crippen LogP contribution in [0, 0.1) is 0 Å². The summed E-state index contributed by atoms with van der Waals surface area (Å²) in [4.78, 5) is 2.40. The van der Waals surface area contributed by atoms with Crippen molar-refractivity contribution in [2.45, 2.75) is 5.41 Å². The number of hydrogen-bond donors (Lipinski definition) is 0. The van der Waals surface area contributed by atoms with Crippen LogP contribution in [-0.2, 0) is 5.41 Å². The fraction of sp³-hybridized carbons (Fsp3) is 0.0189. The summed E-state index contributed by atoms with van der Waals surface area (Å²) in [5.41, 5.74) is 15.5. The van der Waals surface area contributed by atoms with E-state index in [0.29, 0.717) is 0 Å². The van der Waals surface area contributed by atoms with Crippen molar-refractivity contribution in [3.05, 3.63) is 247 Å². The molecule has 9 aromatic rings. The zero-order valence-electron chi connectivity index (χ0n) is 29.8. The van der Waals surface area contributed by atoms with Gasteiger partial charge in [0.05, 0.1) is 5.41 Å². The molecule has 0 aromatic heterocycles. The van der Waals surface area contributed by atoms with E-state index in [1.165, 1.54) is 66.4 Å². The van der Waals surface area contributed by atoms with Crippen molar-refractivity contribution in [1.82, 2.24) is 0 Å². The third-order valence-corrected chi connectivity index (χ3v) is 11.1. The Bertz CT molecular complexity index is 2690. The molecule has 0 heterocycles. The summed E-state index contributed by atoms with van der Waals surface area (Å²) < 4.78 is 0. The van der Waals surface area contributed by atoms with Crippen LogP contribution in [0.2, 0.25) is 0 Å². The van der Waals surface area contributed by atoms with E-state index in [0.717, 1.165) is 17.1 Å². The van der Waals surface area contributed by atoms with Gasteiger partial charge in [-0.2, -0.15) is 0 Å². The number of para-hydroxylation sites is 1. The molecule has 0 aliphatic heterocycles. The topological polar surface area (TPSA) is 3.24 Å². The van der Waals surface area contributed by atoms with E-state index in [2.05, 4.69) is 229 Å².